The van der Waals surface area contributed by atoms with Crippen LogP contribution in [-0.2, 0) is 12.8 Å². The predicted octanol–water partition coefficient (Wildman–Crippen LogP) is 5.80. The Morgan fingerprint density at radius 1 is 1.30 bits per heavy atom. The van der Waals surface area contributed by atoms with Gasteiger partial charge < -0.3 is 0 Å². The van der Waals surface area contributed by atoms with Gasteiger partial charge in [-0.1, -0.05) is 45.9 Å². The Morgan fingerprint density at radius 2 is 2.03 bits per heavy atom. The van der Waals surface area contributed by atoms with Crippen molar-refractivity contribution in [2.24, 2.45) is 16.4 Å². The summed E-state index contributed by atoms with van der Waals surface area (Å²) < 4.78 is 1.66. The minimum absolute atomic E-state index is 0.00948. The van der Waals surface area contributed by atoms with Gasteiger partial charge in [-0.15, -0.1) is 11.3 Å². The van der Waals surface area contributed by atoms with E-state index < -0.39 is 0 Å². The molecule has 0 radical (unpaired) electrons. The monoisotopic (exact) mass is 422 g/mol. The molecule has 1 aromatic carbocycles. The van der Waals surface area contributed by atoms with Crippen LogP contribution >= 0.6 is 11.3 Å². The van der Waals surface area contributed by atoms with Gasteiger partial charge >= 0.3 is 0 Å². The lowest BCUT2D eigenvalue weighted by Gasteiger charge is -2.33. The molecule has 1 aliphatic rings. The molecule has 158 valence electrons. The molecule has 1 atom stereocenters. The second kappa shape index (κ2) is 7.99. The fraction of sp³-hybridized carbons (Fsp3) is 0.458. The minimum Gasteiger partial charge on any atom is -0.268 e. The van der Waals surface area contributed by atoms with Gasteiger partial charge in [0, 0.05) is 10.6 Å². The highest BCUT2D eigenvalue weighted by atomic mass is 32.1. The quantitative estimate of drug-likeness (QED) is 0.427. The van der Waals surface area contributed by atoms with E-state index in [0.29, 0.717) is 11.9 Å². The van der Waals surface area contributed by atoms with Crippen LogP contribution < -0.4 is 11.0 Å². The third-order valence-corrected chi connectivity index (χ3v) is 7.33. The smallest absolute Gasteiger partial charge is 0.268 e. The standard InChI is InChI=1S/C24H30N4OS/c1-6-15(2)26-27-23-25-21-20(22(29)28(23)17-10-8-7-9-11-17)18-13-12-16(24(3,4)5)14-19(18)30-21/h7-11,16H,6,12-14H2,1-5H3,(H,25,27)/b26-15+/t16-/m0/s1. The van der Waals surface area contributed by atoms with E-state index in [-0.39, 0.29) is 11.0 Å². The first-order chi connectivity index (χ1) is 14.3. The number of fused-ring (bicyclic) bond motifs is 3. The summed E-state index contributed by atoms with van der Waals surface area (Å²) in [6.45, 7) is 11.0. The van der Waals surface area contributed by atoms with Crippen LogP contribution in [0.2, 0.25) is 0 Å². The molecule has 3 aromatic rings. The van der Waals surface area contributed by atoms with Crippen LogP contribution in [0.5, 0.6) is 0 Å². The summed E-state index contributed by atoms with van der Waals surface area (Å²) in [5.74, 6) is 1.10. The zero-order valence-electron chi connectivity index (χ0n) is 18.5. The lowest BCUT2D eigenvalue weighted by atomic mass is 9.72. The van der Waals surface area contributed by atoms with Crippen molar-refractivity contribution in [3.05, 3.63) is 51.1 Å². The summed E-state index contributed by atoms with van der Waals surface area (Å²) >= 11 is 1.68. The number of aryl methyl sites for hydroxylation is 1. The number of nitrogens with zero attached hydrogens (tertiary/aromatic N) is 3. The molecule has 6 heteroatoms. The molecule has 1 aliphatic carbocycles. The van der Waals surface area contributed by atoms with E-state index in [2.05, 4.69) is 38.2 Å². The lowest BCUT2D eigenvalue weighted by molar-refractivity contribution is 0.218. The Bertz CT molecular complexity index is 1150. The molecular formula is C24H30N4OS. The molecule has 1 N–H and O–H groups in total. The summed E-state index contributed by atoms with van der Waals surface area (Å²) in [5, 5.41) is 5.21. The first kappa shape index (κ1) is 20.8. The van der Waals surface area contributed by atoms with Gasteiger partial charge in [-0.25, -0.2) is 15.0 Å². The predicted molar refractivity (Wildman–Crippen MR) is 127 cm³/mol. The van der Waals surface area contributed by atoms with Crippen LogP contribution in [0.3, 0.4) is 0 Å². The van der Waals surface area contributed by atoms with Gasteiger partial charge in [0.15, 0.2) is 0 Å². The molecule has 0 fully saturated rings. The van der Waals surface area contributed by atoms with Gasteiger partial charge in [0.1, 0.15) is 4.83 Å². The van der Waals surface area contributed by atoms with Crippen molar-refractivity contribution in [1.29, 1.82) is 0 Å². The van der Waals surface area contributed by atoms with Gasteiger partial charge in [0.25, 0.3) is 5.56 Å². The number of benzene rings is 1. The number of hydrogen-bond acceptors (Lipinski definition) is 5. The van der Waals surface area contributed by atoms with Crippen LogP contribution in [0.15, 0.2) is 40.2 Å². The van der Waals surface area contributed by atoms with Gasteiger partial charge in [-0.05, 0) is 61.6 Å². The van der Waals surface area contributed by atoms with E-state index in [1.165, 1.54) is 10.4 Å². The van der Waals surface area contributed by atoms with E-state index in [0.717, 1.165) is 47.3 Å². The Morgan fingerprint density at radius 3 is 2.70 bits per heavy atom. The Balaban J connectivity index is 1.90. The lowest BCUT2D eigenvalue weighted by Crippen LogP contribution is -2.27. The average Bonchev–Trinajstić information content (AvgIpc) is 3.09. The SMILES string of the molecule is CC/C(C)=N/Nc1nc2sc3c(c2c(=O)n1-c1ccccc1)CC[C@H](C(C)(C)C)C3. The summed E-state index contributed by atoms with van der Waals surface area (Å²) in [6, 6.07) is 9.70. The highest BCUT2D eigenvalue weighted by Gasteiger charge is 2.32. The number of hydrazone groups is 1. The number of nitrogens with one attached hydrogen (secondary N) is 1. The van der Waals surface area contributed by atoms with Crippen molar-refractivity contribution >= 4 is 33.2 Å². The Labute approximate surface area is 181 Å². The highest BCUT2D eigenvalue weighted by molar-refractivity contribution is 7.18. The topological polar surface area (TPSA) is 59.3 Å². The zero-order chi connectivity index (χ0) is 21.5. The maximum atomic E-state index is 13.7. The number of rotatable bonds is 4. The van der Waals surface area contributed by atoms with E-state index in [9.17, 15) is 4.79 Å². The summed E-state index contributed by atoms with van der Waals surface area (Å²) in [5.41, 5.74) is 6.28. The zero-order valence-corrected chi connectivity index (χ0v) is 19.3. The third-order valence-electron chi connectivity index (χ3n) is 6.18. The van der Waals surface area contributed by atoms with Crippen molar-refractivity contribution in [3.8, 4) is 5.69 Å². The third kappa shape index (κ3) is 3.81. The van der Waals surface area contributed by atoms with E-state index in [1.807, 2.05) is 37.3 Å². The molecule has 4 rings (SSSR count). The normalized spacial score (nSPS) is 17.2. The van der Waals surface area contributed by atoms with Crippen LogP contribution in [0.25, 0.3) is 15.9 Å². The van der Waals surface area contributed by atoms with E-state index >= 15 is 0 Å². The molecule has 0 bridgehead atoms. The molecule has 0 spiro atoms. The van der Waals surface area contributed by atoms with Crippen molar-refractivity contribution in [3.63, 3.8) is 0 Å². The maximum absolute atomic E-state index is 13.7. The fourth-order valence-corrected chi connectivity index (χ4v) is 5.37. The second-order valence-electron chi connectivity index (χ2n) is 9.21. The molecule has 0 amide bonds. The maximum Gasteiger partial charge on any atom is 0.268 e. The molecule has 5 nitrogen and oxygen atoms in total. The largest absolute Gasteiger partial charge is 0.268 e. The first-order valence-electron chi connectivity index (χ1n) is 10.7. The van der Waals surface area contributed by atoms with E-state index in [4.69, 9.17) is 4.98 Å². The molecule has 0 saturated carbocycles. The Kier molecular flexibility index (Phi) is 5.53. The summed E-state index contributed by atoms with van der Waals surface area (Å²) in [6.07, 6.45) is 3.93. The number of para-hydroxylation sites is 1. The molecule has 0 aliphatic heterocycles. The van der Waals surface area contributed by atoms with Crippen LogP contribution in [0, 0.1) is 11.3 Å². The molecule has 0 saturated heterocycles. The van der Waals surface area contributed by atoms with Crippen LogP contribution in [-0.4, -0.2) is 15.3 Å². The molecule has 2 aromatic heterocycles. The van der Waals surface area contributed by atoms with Crippen molar-refractivity contribution in [2.45, 2.75) is 60.3 Å². The van der Waals surface area contributed by atoms with Crippen LogP contribution in [0.1, 0.15) is 57.9 Å². The summed E-state index contributed by atoms with van der Waals surface area (Å²) in [4.78, 5) is 20.7. The first-order valence-corrected chi connectivity index (χ1v) is 11.5. The van der Waals surface area contributed by atoms with E-state index in [1.54, 1.807) is 15.9 Å². The number of thiophene rings is 1. The average molecular weight is 423 g/mol. The minimum atomic E-state index is -0.00948. The fourth-order valence-electron chi connectivity index (χ4n) is 4.08. The van der Waals surface area contributed by atoms with Crippen molar-refractivity contribution in [2.75, 3.05) is 5.43 Å². The molecule has 2 heterocycles. The number of anilines is 1. The van der Waals surface area contributed by atoms with Gasteiger partial charge in [0.05, 0.1) is 11.1 Å². The van der Waals surface area contributed by atoms with Gasteiger partial charge in [-0.3, -0.25) is 4.79 Å². The molecule has 30 heavy (non-hydrogen) atoms. The van der Waals surface area contributed by atoms with Crippen molar-refractivity contribution < 1.29 is 0 Å². The van der Waals surface area contributed by atoms with Gasteiger partial charge in [-0.2, -0.15) is 5.10 Å². The molecule has 0 unspecified atom stereocenters. The van der Waals surface area contributed by atoms with Gasteiger partial charge in [0.2, 0.25) is 5.95 Å². The number of hydrogen-bond donors (Lipinski definition) is 1. The number of aromatic nitrogens is 2. The van der Waals surface area contributed by atoms with Crippen LogP contribution in [0.4, 0.5) is 5.95 Å². The second-order valence-corrected chi connectivity index (χ2v) is 10.3. The van der Waals surface area contributed by atoms with Crippen molar-refractivity contribution in [1.82, 2.24) is 9.55 Å². The highest BCUT2D eigenvalue weighted by Crippen LogP contribution is 2.42. The Hall–Kier alpha value is -2.47. The summed E-state index contributed by atoms with van der Waals surface area (Å²) in [7, 11) is 0. The molecular weight excluding hydrogens is 392 g/mol.